The summed E-state index contributed by atoms with van der Waals surface area (Å²) in [6, 6.07) is 14.4. The molecule has 1 heterocycles. The SMILES string of the molecule is COc1ccc([C@H]2C[C@@H](O)[C@@H](O)[C@@H]2NC(=O)c2nc3ccccc3s2)cc1. The standard InChI is InChI=1S/C20H20N2O4S/c1-26-12-8-6-11(7-9-12)13-10-15(23)18(24)17(13)22-19(25)20-21-14-4-2-3-5-16(14)27-20/h2-9,13,15,17-18,23-24H,10H2,1H3,(H,22,25)/t13-,15-,17-,18-/m1/s1. The summed E-state index contributed by atoms with van der Waals surface area (Å²) in [6.45, 7) is 0. The first-order chi connectivity index (χ1) is 13.1. The number of amides is 1. The van der Waals surface area contributed by atoms with Gasteiger partial charge in [0.1, 0.15) is 11.9 Å². The highest BCUT2D eigenvalue weighted by atomic mass is 32.1. The van der Waals surface area contributed by atoms with E-state index in [0.29, 0.717) is 11.4 Å². The Hall–Kier alpha value is -2.48. The minimum Gasteiger partial charge on any atom is -0.497 e. The molecule has 3 aromatic rings. The van der Waals surface area contributed by atoms with Crippen LogP contribution in [0.1, 0.15) is 27.7 Å². The second kappa shape index (κ2) is 7.26. The van der Waals surface area contributed by atoms with Crippen LogP contribution in [-0.2, 0) is 0 Å². The van der Waals surface area contributed by atoms with Gasteiger partial charge in [-0.3, -0.25) is 4.79 Å². The van der Waals surface area contributed by atoms with Crippen molar-refractivity contribution < 1.29 is 19.7 Å². The van der Waals surface area contributed by atoms with Gasteiger partial charge in [0, 0.05) is 5.92 Å². The second-order valence-electron chi connectivity index (χ2n) is 6.66. The van der Waals surface area contributed by atoms with Crippen molar-refractivity contribution in [2.24, 2.45) is 0 Å². The number of rotatable bonds is 4. The van der Waals surface area contributed by atoms with Gasteiger partial charge in [-0.2, -0.15) is 0 Å². The molecule has 6 nitrogen and oxygen atoms in total. The van der Waals surface area contributed by atoms with Gasteiger partial charge >= 0.3 is 0 Å². The lowest BCUT2D eigenvalue weighted by molar-refractivity contribution is 0.0294. The summed E-state index contributed by atoms with van der Waals surface area (Å²) < 4.78 is 6.11. The Morgan fingerprint density at radius 2 is 1.93 bits per heavy atom. The lowest BCUT2D eigenvalue weighted by atomic mass is 9.93. The number of methoxy groups -OCH3 is 1. The van der Waals surface area contributed by atoms with Crippen molar-refractivity contribution in [2.75, 3.05) is 7.11 Å². The first kappa shape index (κ1) is 17.9. The van der Waals surface area contributed by atoms with Crippen molar-refractivity contribution in [1.29, 1.82) is 0 Å². The van der Waals surface area contributed by atoms with Crippen molar-refractivity contribution in [3.8, 4) is 5.75 Å². The highest BCUT2D eigenvalue weighted by Crippen LogP contribution is 2.36. The van der Waals surface area contributed by atoms with Gasteiger partial charge in [0.05, 0.1) is 29.5 Å². The van der Waals surface area contributed by atoms with E-state index >= 15 is 0 Å². The maximum Gasteiger partial charge on any atom is 0.280 e. The largest absolute Gasteiger partial charge is 0.497 e. The Morgan fingerprint density at radius 3 is 2.63 bits per heavy atom. The molecule has 140 valence electrons. The molecule has 3 N–H and O–H groups in total. The number of para-hydroxylation sites is 1. The molecule has 0 bridgehead atoms. The molecule has 7 heteroatoms. The van der Waals surface area contributed by atoms with Crippen molar-refractivity contribution >= 4 is 27.5 Å². The maximum atomic E-state index is 12.7. The Morgan fingerprint density at radius 1 is 1.19 bits per heavy atom. The molecular formula is C20H20N2O4S. The number of aromatic nitrogens is 1. The summed E-state index contributed by atoms with van der Waals surface area (Å²) in [5, 5.41) is 23.8. The van der Waals surface area contributed by atoms with Gasteiger partial charge in [-0.05, 0) is 36.2 Å². The van der Waals surface area contributed by atoms with Crippen LogP contribution in [-0.4, -0.2) is 46.5 Å². The molecule has 4 rings (SSSR count). The molecule has 0 spiro atoms. The minimum atomic E-state index is -1.03. The third-order valence-corrected chi connectivity index (χ3v) is 6.06. The first-order valence-corrected chi connectivity index (χ1v) is 9.55. The van der Waals surface area contributed by atoms with E-state index in [9.17, 15) is 15.0 Å². The predicted molar refractivity (Wildman–Crippen MR) is 103 cm³/mol. The number of nitrogens with zero attached hydrogens (tertiary/aromatic N) is 1. The fraction of sp³-hybridized carbons (Fsp3) is 0.300. The summed E-state index contributed by atoms with van der Waals surface area (Å²) in [5.41, 5.74) is 1.70. The zero-order chi connectivity index (χ0) is 19.0. The molecule has 0 unspecified atom stereocenters. The molecule has 0 radical (unpaired) electrons. The fourth-order valence-electron chi connectivity index (χ4n) is 3.59. The van der Waals surface area contributed by atoms with Crippen LogP contribution in [0.5, 0.6) is 5.75 Å². The average molecular weight is 384 g/mol. The highest BCUT2D eigenvalue weighted by molar-refractivity contribution is 7.20. The van der Waals surface area contributed by atoms with Crippen LogP contribution in [0.15, 0.2) is 48.5 Å². The molecular weight excluding hydrogens is 364 g/mol. The average Bonchev–Trinajstić information content (AvgIpc) is 3.25. The van der Waals surface area contributed by atoms with Gasteiger partial charge < -0.3 is 20.3 Å². The van der Waals surface area contributed by atoms with Crippen molar-refractivity contribution in [3.63, 3.8) is 0 Å². The molecule has 1 aliphatic rings. The van der Waals surface area contributed by atoms with Gasteiger partial charge in [-0.1, -0.05) is 24.3 Å². The monoisotopic (exact) mass is 384 g/mol. The molecule has 2 aromatic carbocycles. The third kappa shape index (κ3) is 3.41. The normalized spacial score (nSPS) is 24.9. The van der Waals surface area contributed by atoms with Crippen molar-refractivity contribution in [2.45, 2.75) is 30.6 Å². The van der Waals surface area contributed by atoms with Gasteiger partial charge in [-0.15, -0.1) is 11.3 Å². The lowest BCUT2D eigenvalue weighted by Gasteiger charge is -2.23. The number of aliphatic hydroxyl groups is 2. The number of carbonyl (C=O) groups is 1. The smallest absolute Gasteiger partial charge is 0.280 e. The van der Waals surface area contributed by atoms with Crippen LogP contribution in [0.4, 0.5) is 0 Å². The second-order valence-corrected chi connectivity index (χ2v) is 7.69. The fourth-order valence-corrected chi connectivity index (χ4v) is 4.46. The van der Waals surface area contributed by atoms with Crippen LogP contribution < -0.4 is 10.1 Å². The van der Waals surface area contributed by atoms with E-state index in [0.717, 1.165) is 21.5 Å². The Labute approximate surface area is 160 Å². The molecule has 1 amide bonds. The molecule has 27 heavy (non-hydrogen) atoms. The quantitative estimate of drug-likeness (QED) is 0.642. The Bertz CT molecular complexity index is 923. The topological polar surface area (TPSA) is 91.7 Å². The Balaban J connectivity index is 1.57. The number of benzene rings is 2. The Kier molecular flexibility index (Phi) is 4.82. The minimum absolute atomic E-state index is 0.195. The van der Waals surface area contributed by atoms with Crippen LogP contribution in [0, 0.1) is 0 Å². The lowest BCUT2D eigenvalue weighted by Crippen LogP contribution is -2.45. The number of ether oxygens (including phenoxy) is 1. The number of aliphatic hydroxyl groups excluding tert-OH is 2. The molecule has 0 saturated heterocycles. The molecule has 1 aromatic heterocycles. The molecule has 1 fully saturated rings. The molecule has 0 aliphatic heterocycles. The van der Waals surface area contributed by atoms with Crippen LogP contribution in [0.2, 0.25) is 0 Å². The third-order valence-electron chi connectivity index (χ3n) is 5.02. The number of thiazole rings is 1. The maximum absolute atomic E-state index is 12.7. The zero-order valence-electron chi connectivity index (χ0n) is 14.7. The number of fused-ring (bicyclic) bond motifs is 1. The molecule has 1 aliphatic carbocycles. The van der Waals surface area contributed by atoms with Crippen molar-refractivity contribution in [3.05, 3.63) is 59.1 Å². The van der Waals surface area contributed by atoms with Gasteiger partial charge in [-0.25, -0.2) is 4.98 Å². The summed E-state index contributed by atoms with van der Waals surface area (Å²) >= 11 is 1.31. The van der Waals surface area contributed by atoms with E-state index in [1.807, 2.05) is 48.5 Å². The van der Waals surface area contributed by atoms with Crippen LogP contribution in [0.25, 0.3) is 10.2 Å². The predicted octanol–water partition coefficient (Wildman–Crippen LogP) is 2.31. The first-order valence-electron chi connectivity index (χ1n) is 8.73. The van der Waals surface area contributed by atoms with E-state index in [4.69, 9.17) is 4.74 Å². The summed E-state index contributed by atoms with van der Waals surface area (Å²) in [7, 11) is 1.60. The van der Waals surface area contributed by atoms with E-state index < -0.39 is 18.2 Å². The summed E-state index contributed by atoms with van der Waals surface area (Å²) in [5.74, 6) is 0.194. The van der Waals surface area contributed by atoms with Gasteiger partial charge in [0.25, 0.3) is 5.91 Å². The molecule has 4 atom stereocenters. The van der Waals surface area contributed by atoms with Crippen LogP contribution >= 0.6 is 11.3 Å². The van der Waals surface area contributed by atoms with E-state index in [-0.39, 0.29) is 11.8 Å². The van der Waals surface area contributed by atoms with Gasteiger partial charge in [0.2, 0.25) is 0 Å². The highest BCUT2D eigenvalue weighted by Gasteiger charge is 2.43. The molecule has 1 saturated carbocycles. The van der Waals surface area contributed by atoms with E-state index in [1.54, 1.807) is 7.11 Å². The summed E-state index contributed by atoms with van der Waals surface area (Å²) in [4.78, 5) is 17.1. The summed E-state index contributed by atoms with van der Waals surface area (Å²) in [6.07, 6.45) is -1.55. The van der Waals surface area contributed by atoms with Crippen LogP contribution in [0.3, 0.4) is 0 Å². The zero-order valence-corrected chi connectivity index (χ0v) is 15.5. The number of hydrogen-bond donors (Lipinski definition) is 3. The number of nitrogens with one attached hydrogen (secondary N) is 1. The number of carbonyl (C=O) groups excluding carboxylic acids is 1. The van der Waals surface area contributed by atoms with Gasteiger partial charge in [0.15, 0.2) is 5.01 Å². The van der Waals surface area contributed by atoms with E-state index in [1.165, 1.54) is 11.3 Å². The van der Waals surface area contributed by atoms with E-state index in [2.05, 4.69) is 10.3 Å². The number of hydrogen-bond acceptors (Lipinski definition) is 6. The van der Waals surface area contributed by atoms with Crippen molar-refractivity contribution in [1.82, 2.24) is 10.3 Å².